The molecular weight excluding hydrogens is 250 g/mol. The van der Waals surface area contributed by atoms with Crippen LogP contribution in [0.15, 0.2) is 24.3 Å². The summed E-state index contributed by atoms with van der Waals surface area (Å²) in [6.07, 6.45) is 2.28. The average Bonchev–Trinajstić information content (AvgIpc) is 2.47. The Bertz CT molecular complexity index is 410. The maximum Gasteiger partial charge on any atom is 0.142 e. The molecule has 1 atom stereocenters. The molecule has 4 heteroatoms. The zero-order valence-corrected chi connectivity index (χ0v) is 12.7. The van der Waals surface area contributed by atoms with Crippen LogP contribution in [0, 0.1) is 0 Å². The standard InChI is InChI=1S/C16H27N3O/c1-3-14-13-19(11-10-18(14)2)9-6-12-20-16-8-5-4-7-15(16)17/h4-5,7-8,14H,3,6,9-13,17H2,1-2H3. The van der Waals surface area contributed by atoms with Crippen LogP contribution in [0.3, 0.4) is 0 Å². The van der Waals surface area contributed by atoms with E-state index in [-0.39, 0.29) is 0 Å². The maximum atomic E-state index is 5.86. The first-order chi connectivity index (χ1) is 9.70. The Morgan fingerprint density at radius 1 is 1.30 bits per heavy atom. The number of likely N-dealkylation sites (N-methyl/N-ethyl adjacent to an activating group) is 1. The summed E-state index contributed by atoms with van der Waals surface area (Å²) in [6, 6.07) is 8.39. The Morgan fingerprint density at radius 3 is 2.85 bits per heavy atom. The third-order valence-electron chi connectivity index (χ3n) is 4.13. The van der Waals surface area contributed by atoms with E-state index in [1.165, 1.54) is 26.1 Å². The molecular formula is C16H27N3O. The molecule has 0 spiro atoms. The van der Waals surface area contributed by atoms with Crippen molar-refractivity contribution in [3.05, 3.63) is 24.3 Å². The van der Waals surface area contributed by atoms with Gasteiger partial charge in [-0.3, -0.25) is 0 Å². The molecule has 0 radical (unpaired) electrons. The number of hydrogen-bond donors (Lipinski definition) is 1. The maximum absolute atomic E-state index is 5.86. The summed E-state index contributed by atoms with van der Waals surface area (Å²) in [7, 11) is 2.23. The van der Waals surface area contributed by atoms with Gasteiger partial charge in [0.25, 0.3) is 0 Å². The van der Waals surface area contributed by atoms with Crippen LogP contribution in [0.4, 0.5) is 5.69 Å². The molecule has 1 aromatic carbocycles. The molecule has 1 saturated heterocycles. The van der Waals surface area contributed by atoms with Crippen LogP contribution in [0.2, 0.25) is 0 Å². The summed E-state index contributed by atoms with van der Waals surface area (Å²) >= 11 is 0. The van der Waals surface area contributed by atoms with Crippen molar-refractivity contribution in [2.75, 3.05) is 45.6 Å². The van der Waals surface area contributed by atoms with Gasteiger partial charge in [0.2, 0.25) is 0 Å². The van der Waals surface area contributed by atoms with E-state index >= 15 is 0 Å². The van der Waals surface area contributed by atoms with Gasteiger partial charge >= 0.3 is 0 Å². The second kappa shape index (κ2) is 7.50. The molecule has 0 aliphatic carbocycles. The molecule has 2 N–H and O–H groups in total. The van der Waals surface area contributed by atoms with Crippen molar-refractivity contribution in [2.45, 2.75) is 25.8 Å². The SMILES string of the molecule is CCC1CN(CCCOc2ccccc2N)CCN1C. The van der Waals surface area contributed by atoms with E-state index in [0.29, 0.717) is 6.04 Å². The molecule has 112 valence electrons. The molecule has 1 fully saturated rings. The minimum Gasteiger partial charge on any atom is -0.491 e. The Balaban J connectivity index is 1.67. The number of nitrogens with two attached hydrogens (primary N) is 1. The first-order valence-corrected chi connectivity index (χ1v) is 7.60. The van der Waals surface area contributed by atoms with E-state index in [9.17, 15) is 0 Å². The lowest BCUT2D eigenvalue weighted by atomic mass is 10.1. The fraction of sp³-hybridized carbons (Fsp3) is 0.625. The van der Waals surface area contributed by atoms with Gasteiger partial charge in [-0.2, -0.15) is 0 Å². The normalized spacial score (nSPS) is 21.0. The lowest BCUT2D eigenvalue weighted by molar-refractivity contribution is 0.0891. The van der Waals surface area contributed by atoms with Crippen molar-refractivity contribution < 1.29 is 4.74 Å². The average molecular weight is 277 g/mol. The van der Waals surface area contributed by atoms with Crippen molar-refractivity contribution >= 4 is 5.69 Å². The van der Waals surface area contributed by atoms with E-state index in [4.69, 9.17) is 10.5 Å². The monoisotopic (exact) mass is 277 g/mol. The Morgan fingerprint density at radius 2 is 2.10 bits per heavy atom. The number of rotatable bonds is 6. The summed E-state index contributed by atoms with van der Waals surface area (Å²) in [4.78, 5) is 5.02. The van der Waals surface area contributed by atoms with Crippen molar-refractivity contribution in [3.63, 3.8) is 0 Å². The van der Waals surface area contributed by atoms with Crippen LogP contribution in [0.1, 0.15) is 19.8 Å². The number of piperazine rings is 1. The predicted molar refractivity (Wildman–Crippen MR) is 84.1 cm³/mol. The molecule has 4 nitrogen and oxygen atoms in total. The number of ether oxygens (including phenoxy) is 1. The van der Waals surface area contributed by atoms with Crippen LogP contribution in [-0.4, -0.2) is 55.7 Å². The van der Waals surface area contributed by atoms with Crippen LogP contribution in [-0.2, 0) is 0 Å². The highest BCUT2D eigenvalue weighted by molar-refractivity contribution is 5.51. The first-order valence-electron chi connectivity index (χ1n) is 7.60. The topological polar surface area (TPSA) is 41.7 Å². The molecule has 0 amide bonds. The molecule has 1 heterocycles. The van der Waals surface area contributed by atoms with Crippen LogP contribution in [0.25, 0.3) is 0 Å². The van der Waals surface area contributed by atoms with Gasteiger partial charge in [-0.05, 0) is 32.0 Å². The molecule has 1 aromatic rings. The highest BCUT2D eigenvalue weighted by atomic mass is 16.5. The van der Waals surface area contributed by atoms with Crippen LogP contribution in [0.5, 0.6) is 5.75 Å². The van der Waals surface area contributed by atoms with Gasteiger partial charge in [0.15, 0.2) is 0 Å². The number of hydrogen-bond acceptors (Lipinski definition) is 4. The largest absolute Gasteiger partial charge is 0.491 e. The zero-order valence-electron chi connectivity index (χ0n) is 12.7. The smallest absolute Gasteiger partial charge is 0.142 e. The highest BCUT2D eigenvalue weighted by Crippen LogP contribution is 2.19. The first kappa shape index (κ1) is 15.1. The van der Waals surface area contributed by atoms with E-state index in [0.717, 1.165) is 31.0 Å². The predicted octanol–water partition coefficient (Wildman–Crippen LogP) is 2.06. The Hall–Kier alpha value is -1.26. The number of anilines is 1. The Labute approximate surface area is 122 Å². The lowest BCUT2D eigenvalue weighted by Crippen LogP contribution is -2.51. The molecule has 2 rings (SSSR count). The quantitative estimate of drug-likeness (QED) is 0.638. The number of para-hydroxylation sites is 2. The second-order valence-electron chi connectivity index (χ2n) is 5.58. The fourth-order valence-electron chi connectivity index (χ4n) is 2.74. The molecule has 0 saturated carbocycles. The number of benzene rings is 1. The van der Waals surface area contributed by atoms with Gasteiger partial charge in [0.05, 0.1) is 12.3 Å². The summed E-state index contributed by atoms with van der Waals surface area (Å²) < 4.78 is 5.74. The molecule has 0 aromatic heterocycles. The van der Waals surface area contributed by atoms with Crippen molar-refractivity contribution in [1.82, 2.24) is 9.80 Å². The molecule has 0 bridgehead atoms. The minimum atomic E-state index is 0.703. The van der Waals surface area contributed by atoms with Gasteiger partial charge in [-0.15, -0.1) is 0 Å². The second-order valence-corrected chi connectivity index (χ2v) is 5.58. The van der Waals surface area contributed by atoms with Crippen molar-refractivity contribution in [3.8, 4) is 5.75 Å². The highest BCUT2D eigenvalue weighted by Gasteiger charge is 2.22. The van der Waals surface area contributed by atoms with Crippen LogP contribution < -0.4 is 10.5 Å². The molecule has 1 aliphatic rings. The third kappa shape index (κ3) is 4.12. The molecule has 1 aliphatic heterocycles. The summed E-state index contributed by atoms with van der Waals surface area (Å²) in [5, 5.41) is 0. The van der Waals surface area contributed by atoms with Gasteiger partial charge < -0.3 is 20.3 Å². The fourth-order valence-corrected chi connectivity index (χ4v) is 2.74. The van der Waals surface area contributed by atoms with E-state index in [1.54, 1.807) is 0 Å². The van der Waals surface area contributed by atoms with Crippen molar-refractivity contribution in [2.24, 2.45) is 0 Å². The van der Waals surface area contributed by atoms with Gasteiger partial charge in [-0.25, -0.2) is 0 Å². The van der Waals surface area contributed by atoms with E-state index in [2.05, 4.69) is 23.8 Å². The zero-order chi connectivity index (χ0) is 14.4. The number of nitrogens with zero attached hydrogens (tertiary/aromatic N) is 2. The van der Waals surface area contributed by atoms with Crippen molar-refractivity contribution in [1.29, 1.82) is 0 Å². The van der Waals surface area contributed by atoms with E-state index in [1.807, 2.05) is 24.3 Å². The van der Waals surface area contributed by atoms with Gasteiger partial charge in [0.1, 0.15) is 5.75 Å². The van der Waals surface area contributed by atoms with E-state index < -0.39 is 0 Å². The van der Waals surface area contributed by atoms with Gasteiger partial charge in [0, 0.05) is 32.2 Å². The molecule has 20 heavy (non-hydrogen) atoms. The third-order valence-corrected chi connectivity index (χ3v) is 4.13. The van der Waals surface area contributed by atoms with Crippen LogP contribution >= 0.6 is 0 Å². The summed E-state index contributed by atoms with van der Waals surface area (Å²) in [6.45, 7) is 7.63. The summed E-state index contributed by atoms with van der Waals surface area (Å²) in [5.74, 6) is 0.803. The number of nitrogen functional groups attached to an aromatic ring is 1. The lowest BCUT2D eigenvalue weighted by Gasteiger charge is -2.39. The molecule has 1 unspecified atom stereocenters. The summed E-state index contributed by atoms with van der Waals surface area (Å²) in [5.41, 5.74) is 6.58. The van der Waals surface area contributed by atoms with Gasteiger partial charge in [-0.1, -0.05) is 19.1 Å². The minimum absolute atomic E-state index is 0.703. The Kier molecular flexibility index (Phi) is 5.68.